The zero-order valence-corrected chi connectivity index (χ0v) is 14.1. The molecule has 0 aliphatic carbocycles. The van der Waals surface area contributed by atoms with Crippen molar-refractivity contribution >= 4 is 11.9 Å². The SMILES string of the molecule is O=C(NCc1ccccc1Cn1cccn1)NNC(=O)c1ccccc1. The highest BCUT2D eigenvalue weighted by molar-refractivity contribution is 5.95. The highest BCUT2D eigenvalue weighted by Gasteiger charge is 2.08. The molecule has 7 nitrogen and oxygen atoms in total. The lowest BCUT2D eigenvalue weighted by Gasteiger charge is -2.12. The van der Waals surface area contributed by atoms with Crippen LogP contribution in [0.25, 0.3) is 0 Å². The number of carbonyl (C=O) groups excluding carboxylic acids is 2. The Labute approximate surface area is 151 Å². The summed E-state index contributed by atoms with van der Waals surface area (Å²) in [4.78, 5) is 23.8. The third-order valence-corrected chi connectivity index (χ3v) is 3.77. The first-order chi connectivity index (χ1) is 12.7. The summed E-state index contributed by atoms with van der Waals surface area (Å²) in [5.74, 6) is -0.375. The number of hydrazine groups is 1. The maximum absolute atomic E-state index is 11.9. The molecule has 0 bridgehead atoms. The lowest BCUT2D eigenvalue weighted by Crippen LogP contribution is -2.46. The van der Waals surface area contributed by atoms with Crippen molar-refractivity contribution in [3.63, 3.8) is 0 Å². The van der Waals surface area contributed by atoms with Gasteiger partial charge in [-0.3, -0.25) is 14.9 Å². The van der Waals surface area contributed by atoms with Crippen LogP contribution in [0.5, 0.6) is 0 Å². The van der Waals surface area contributed by atoms with Crippen molar-refractivity contribution < 1.29 is 9.59 Å². The summed E-state index contributed by atoms with van der Waals surface area (Å²) in [6.45, 7) is 0.960. The molecule has 132 valence electrons. The second-order valence-electron chi connectivity index (χ2n) is 5.60. The van der Waals surface area contributed by atoms with Gasteiger partial charge in [0.25, 0.3) is 5.91 Å². The topological polar surface area (TPSA) is 88.1 Å². The summed E-state index contributed by atoms with van der Waals surface area (Å²) >= 11 is 0. The number of urea groups is 1. The molecular formula is C19H19N5O2. The molecule has 0 aliphatic rings. The van der Waals surface area contributed by atoms with E-state index in [4.69, 9.17) is 0 Å². The number of hydrogen-bond donors (Lipinski definition) is 3. The second kappa shape index (κ2) is 8.48. The van der Waals surface area contributed by atoms with Gasteiger partial charge in [0.05, 0.1) is 6.54 Å². The minimum Gasteiger partial charge on any atom is -0.333 e. The molecule has 0 atom stereocenters. The Morgan fingerprint density at radius 3 is 2.35 bits per heavy atom. The maximum Gasteiger partial charge on any atom is 0.333 e. The van der Waals surface area contributed by atoms with Gasteiger partial charge in [-0.15, -0.1) is 0 Å². The first kappa shape index (κ1) is 17.2. The Morgan fingerprint density at radius 2 is 1.62 bits per heavy atom. The minimum atomic E-state index is -0.483. The largest absolute Gasteiger partial charge is 0.333 e. The van der Waals surface area contributed by atoms with Crippen molar-refractivity contribution in [3.05, 3.63) is 89.7 Å². The van der Waals surface area contributed by atoms with Crippen LogP contribution in [-0.2, 0) is 13.1 Å². The van der Waals surface area contributed by atoms with E-state index in [2.05, 4.69) is 21.3 Å². The average Bonchev–Trinajstić information content (AvgIpc) is 3.19. The molecule has 1 heterocycles. The normalized spacial score (nSPS) is 10.2. The van der Waals surface area contributed by atoms with E-state index >= 15 is 0 Å². The van der Waals surface area contributed by atoms with Crippen molar-refractivity contribution in [3.8, 4) is 0 Å². The molecule has 7 heteroatoms. The molecule has 0 saturated heterocycles. The molecule has 3 N–H and O–H groups in total. The Bertz CT molecular complexity index is 863. The monoisotopic (exact) mass is 349 g/mol. The van der Waals surface area contributed by atoms with Gasteiger partial charge in [0.1, 0.15) is 0 Å². The third-order valence-electron chi connectivity index (χ3n) is 3.77. The van der Waals surface area contributed by atoms with Crippen LogP contribution in [0.2, 0.25) is 0 Å². The smallest absolute Gasteiger partial charge is 0.333 e. The zero-order valence-electron chi connectivity index (χ0n) is 14.1. The molecule has 3 aromatic rings. The number of carbonyl (C=O) groups is 2. The second-order valence-corrected chi connectivity index (χ2v) is 5.60. The first-order valence-electron chi connectivity index (χ1n) is 8.16. The Morgan fingerprint density at radius 1 is 0.885 bits per heavy atom. The van der Waals surface area contributed by atoms with E-state index in [1.807, 2.05) is 47.3 Å². The molecule has 0 fully saturated rings. The molecule has 3 rings (SSSR count). The van der Waals surface area contributed by atoms with Crippen LogP contribution < -0.4 is 16.2 Å². The van der Waals surface area contributed by atoms with Crippen LogP contribution in [0.4, 0.5) is 4.79 Å². The van der Waals surface area contributed by atoms with Gasteiger partial charge < -0.3 is 5.32 Å². The highest BCUT2D eigenvalue weighted by Crippen LogP contribution is 2.10. The Balaban J connectivity index is 1.51. The van der Waals surface area contributed by atoms with Crippen LogP contribution in [0, 0.1) is 0 Å². The summed E-state index contributed by atoms with van der Waals surface area (Å²) < 4.78 is 1.82. The van der Waals surface area contributed by atoms with Crippen molar-refractivity contribution in [2.75, 3.05) is 0 Å². The van der Waals surface area contributed by atoms with E-state index in [0.29, 0.717) is 18.7 Å². The molecule has 0 saturated carbocycles. The summed E-state index contributed by atoms with van der Waals surface area (Å²) in [5, 5.41) is 6.93. The van der Waals surface area contributed by atoms with Gasteiger partial charge in [0, 0.05) is 24.5 Å². The molecule has 3 amide bonds. The van der Waals surface area contributed by atoms with Crippen molar-refractivity contribution in [2.24, 2.45) is 0 Å². The summed E-state index contributed by atoms with van der Waals surface area (Å²) in [7, 11) is 0. The molecule has 0 aliphatic heterocycles. The predicted molar refractivity (Wildman–Crippen MR) is 97.1 cm³/mol. The van der Waals surface area contributed by atoms with E-state index < -0.39 is 6.03 Å². The van der Waals surface area contributed by atoms with Crippen molar-refractivity contribution in [1.29, 1.82) is 0 Å². The Kier molecular flexibility index (Phi) is 5.61. The first-order valence-corrected chi connectivity index (χ1v) is 8.16. The van der Waals surface area contributed by atoms with Gasteiger partial charge in [0.2, 0.25) is 0 Å². The van der Waals surface area contributed by atoms with E-state index in [1.165, 1.54) is 0 Å². The van der Waals surface area contributed by atoms with Crippen molar-refractivity contribution in [2.45, 2.75) is 13.1 Å². The molecular weight excluding hydrogens is 330 g/mol. The highest BCUT2D eigenvalue weighted by atomic mass is 16.2. The van der Waals surface area contributed by atoms with E-state index in [9.17, 15) is 9.59 Å². The third kappa shape index (κ3) is 4.70. The number of nitrogens with zero attached hydrogens (tertiary/aromatic N) is 2. The minimum absolute atomic E-state index is 0.338. The molecule has 1 aromatic heterocycles. The van der Waals surface area contributed by atoms with Crippen LogP contribution in [0.3, 0.4) is 0 Å². The van der Waals surface area contributed by atoms with Crippen LogP contribution in [0.1, 0.15) is 21.5 Å². The quantitative estimate of drug-likeness (QED) is 0.616. The number of nitrogens with one attached hydrogen (secondary N) is 3. The van der Waals surface area contributed by atoms with Gasteiger partial charge >= 0.3 is 6.03 Å². The zero-order chi connectivity index (χ0) is 18.2. The number of benzene rings is 2. The van der Waals surface area contributed by atoms with Crippen LogP contribution in [-0.4, -0.2) is 21.7 Å². The van der Waals surface area contributed by atoms with Crippen LogP contribution in [0.15, 0.2) is 73.1 Å². The van der Waals surface area contributed by atoms with Crippen molar-refractivity contribution in [1.82, 2.24) is 25.9 Å². The standard InChI is InChI=1S/C19H19N5O2/c25-18(15-7-2-1-3-8-15)22-23-19(26)20-13-16-9-4-5-10-17(16)14-24-12-6-11-21-24/h1-12H,13-14H2,(H,22,25)(H2,20,23,26). The fourth-order valence-electron chi connectivity index (χ4n) is 2.45. The lowest BCUT2D eigenvalue weighted by molar-refractivity contribution is 0.0936. The molecule has 2 aromatic carbocycles. The van der Waals surface area contributed by atoms with Crippen LogP contribution >= 0.6 is 0 Å². The summed E-state index contributed by atoms with van der Waals surface area (Å²) in [5.41, 5.74) is 7.23. The number of hydrogen-bond acceptors (Lipinski definition) is 3. The number of rotatable bonds is 5. The Hall–Kier alpha value is -3.61. The fourth-order valence-corrected chi connectivity index (χ4v) is 2.45. The van der Waals surface area contributed by atoms with Gasteiger partial charge in [-0.05, 0) is 29.3 Å². The summed E-state index contributed by atoms with van der Waals surface area (Å²) in [6.07, 6.45) is 3.61. The van der Waals surface area contributed by atoms with E-state index in [1.54, 1.807) is 30.5 Å². The van der Waals surface area contributed by atoms with Gasteiger partial charge in [0.15, 0.2) is 0 Å². The van der Waals surface area contributed by atoms with E-state index in [0.717, 1.165) is 11.1 Å². The summed E-state index contributed by atoms with van der Waals surface area (Å²) in [6, 6.07) is 17.8. The molecule has 26 heavy (non-hydrogen) atoms. The molecule has 0 unspecified atom stereocenters. The van der Waals surface area contributed by atoms with E-state index in [-0.39, 0.29) is 5.91 Å². The lowest BCUT2D eigenvalue weighted by atomic mass is 10.1. The fraction of sp³-hybridized carbons (Fsp3) is 0.105. The van der Waals surface area contributed by atoms with Gasteiger partial charge in [-0.25, -0.2) is 10.2 Å². The average molecular weight is 349 g/mol. The van der Waals surface area contributed by atoms with Gasteiger partial charge in [-0.2, -0.15) is 5.10 Å². The number of amides is 3. The molecule has 0 radical (unpaired) electrons. The number of aromatic nitrogens is 2. The predicted octanol–water partition coefficient (Wildman–Crippen LogP) is 2.08. The molecule has 0 spiro atoms. The maximum atomic E-state index is 11.9. The van der Waals surface area contributed by atoms with Gasteiger partial charge in [-0.1, -0.05) is 42.5 Å².